The van der Waals surface area contributed by atoms with Crippen molar-refractivity contribution < 1.29 is 13.5 Å². The molecule has 0 unspecified atom stereocenters. The molecule has 0 aliphatic rings. The van der Waals surface area contributed by atoms with Gasteiger partial charge in [-0.05, 0) is 18.2 Å². The number of nitrogens with two attached hydrogens (primary N) is 1. The third kappa shape index (κ3) is 4.13. The number of primary sulfonamides is 1. The van der Waals surface area contributed by atoms with Crippen molar-refractivity contribution in [3.8, 4) is 0 Å². The fraction of sp³-hybridized carbons (Fsp3) is 0.455. The first-order chi connectivity index (χ1) is 8.15. The summed E-state index contributed by atoms with van der Waals surface area (Å²) in [4.78, 5) is -0.00351. The summed E-state index contributed by atoms with van der Waals surface area (Å²) in [7, 11) is -3.75. The van der Waals surface area contributed by atoms with Crippen molar-refractivity contribution in [1.82, 2.24) is 0 Å². The van der Waals surface area contributed by atoms with E-state index in [1.165, 1.54) is 18.2 Å². The van der Waals surface area contributed by atoms with E-state index in [4.69, 9.17) is 21.8 Å². The van der Waals surface area contributed by atoms with Crippen LogP contribution in [0, 0.1) is 5.41 Å². The molecule has 0 radical (unpaired) electrons. The molecule has 5 nitrogen and oxygen atoms in total. The Kier molecular flexibility index (Phi) is 4.61. The van der Waals surface area contributed by atoms with Crippen LogP contribution in [0.1, 0.15) is 13.8 Å². The zero-order valence-electron chi connectivity index (χ0n) is 10.3. The molecular formula is C11H17ClN2O3S. The van der Waals surface area contributed by atoms with E-state index in [1.54, 1.807) is 0 Å². The Morgan fingerprint density at radius 3 is 2.56 bits per heavy atom. The van der Waals surface area contributed by atoms with Gasteiger partial charge < -0.3 is 10.4 Å². The van der Waals surface area contributed by atoms with Gasteiger partial charge in [0.1, 0.15) is 0 Å². The lowest BCUT2D eigenvalue weighted by Gasteiger charge is -2.23. The number of halogens is 1. The Morgan fingerprint density at radius 2 is 2.06 bits per heavy atom. The molecule has 1 aromatic rings. The molecule has 102 valence electrons. The lowest BCUT2D eigenvalue weighted by molar-refractivity contribution is 0.171. The molecule has 0 aliphatic heterocycles. The monoisotopic (exact) mass is 292 g/mol. The molecule has 0 heterocycles. The van der Waals surface area contributed by atoms with Crippen LogP contribution in [0.2, 0.25) is 5.02 Å². The maximum Gasteiger partial charge on any atom is 0.238 e. The molecule has 1 rings (SSSR count). The van der Waals surface area contributed by atoms with Crippen LogP contribution in [0.15, 0.2) is 23.1 Å². The Bertz CT molecular complexity index is 529. The smallest absolute Gasteiger partial charge is 0.238 e. The first kappa shape index (κ1) is 15.2. The lowest BCUT2D eigenvalue weighted by Crippen LogP contribution is -2.27. The quantitative estimate of drug-likeness (QED) is 0.765. The minimum Gasteiger partial charge on any atom is -0.396 e. The maximum absolute atomic E-state index is 11.2. The average Bonchev–Trinajstić information content (AvgIpc) is 2.26. The minimum absolute atomic E-state index is 0.00351. The molecule has 0 bridgehead atoms. The van der Waals surface area contributed by atoms with Gasteiger partial charge in [-0.2, -0.15) is 0 Å². The number of sulfonamides is 1. The SMILES string of the molecule is CC(C)(CO)CNc1cc(S(N)(=O)=O)ccc1Cl. The van der Waals surface area contributed by atoms with E-state index < -0.39 is 10.0 Å². The number of hydrogen-bond acceptors (Lipinski definition) is 4. The Labute approximate surface area is 112 Å². The predicted molar refractivity (Wildman–Crippen MR) is 72.2 cm³/mol. The molecule has 7 heteroatoms. The van der Waals surface area contributed by atoms with Gasteiger partial charge in [-0.25, -0.2) is 13.6 Å². The van der Waals surface area contributed by atoms with Crippen LogP contribution in [-0.4, -0.2) is 26.7 Å². The molecule has 0 spiro atoms. The second kappa shape index (κ2) is 5.44. The summed E-state index contributed by atoms with van der Waals surface area (Å²) >= 11 is 5.96. The summed E-state index contributed by atoms with van der Waals surface area (Å²) in [5.74, 6) is 0. The Morgan fingerprint density at radius 1 is 1.44 bits per heavy atom. The highest BCUT2D eigenvalue weighted by atomic mass is 35.5. The summed E-state index contributed by atoms with van der Waals surface area (Å²) in [6.45, 7) is 4.21. The number of benzene rings is 1. The summed E-state index contributed by atoms with van der Waals surface area (Å²) in [6.07, 6.45) is 0. The highest BCUT2D eigenvalue weighted by Crippen LogP contribution is 2.26. The minimum atomic E-state index is -3.75. The number of aliphatic hydroxyl groups is 1. The lowest BCUT2D eigenvalue weighted by atomic mass is 9.95. The van der Waals surface area contributed by atoms with Crippen LogP contribution in [0.25, 0.3) is 0 Å². The van der Waals surface area contributed by atoms with Gasteiger partial charge in [-0.3, -0.25) is 0 Å². The molecule has 0 aliphatic carbocycles. The summed E-state index contributed by atoms with van der Waals surface area (Å²) in [5, 5.41) is 17.6. The maximum atomic E-state index is 11.2. The van der Waals surface area contributed by atoms with E-state index in [-0.39, 0.29) is 16.9 Å². The molecule has 1 aromatic carbocycles. The van der Waals surface area contributed by atoms with E-state index in [2.05, 4.69) is 5.32 Å². The highest BCUT2D eigenvalue weighted by molar-refractivity contribution is 7.89. The van der Waals surface area contributed by atoms with E-state index in [0.29, 0.717) is 17.3 Å². The van der Waals surface area contributed by atoms with Gasteiger partial charge in [0.2, 0.25) is 10.0 Å². The van der Waals surface area contributed by atoms with E-state index in [0.717, 1.165) is 0 Å². The van der Waals surface area contributed by atoms with Gasteiger partial charge in [0, 0.05) is 18.6 Å². The number of rotatable bonds is 5. The normalized spacial score (nSPS) is 12.5. The number of hydrogen-bond donors (Lipinski definition) is 3. The molecule has 0 atom stereocenters. The predicted octanol–water partition coefficient (Wildman–Crippen LogP) is 1.42. The van der Waals surface area contributed by atoms with Crippen molar-refractivity contribution in [3.63, 3.8) is 0 Å². The van der Waals surface area contributed by atoms with Crippen molar-refractivity contribution in [1.29, 1.82) is 0 Å². The van der Waals surface area contributed by atoms with Gasteiger partial charge in [0.05, 0.1) is 15.6 Å². The molecule has 4 N–H and O–H groups in total. The van der Waals surface area contributed by atoms with Gasteiger partial charge in [0.25, 0.3) is 0 Å². The molecule has 0 aromatic heterocycles. The largest absolute Gasteiger partial charge is 0.396 e. The van der Waals surface area contributed by atoms with Gasteiger partial charge in [0.15, 0.2) is 0 Å². The van der Waals surface area contributed by atoms with Crippen molar-refractivity contribution in [3.05, 3.63) is 23.2 Å². The van der Waals surface area contributed by atoms with Crippen LogP contribution in [-0.2, 0) is 10.0 Å². The first-order valence-corrected chi connectivity index (χ1v) is 7.25. The zero-order valence-corrected chi connectivity index (χ0v) is 11.8. The van der Waals surface area contributed by atoms with Crippen LogP contribution in [0.3, 0.4) is 0 Å². The average molecular weight is 293 g/mol. The van der Waals surface area contributed by atoms with Crippen molar-refractivity contribution in [2.45, 2.75) is 18.7 Å². The number of nitrogens with one attached hydrogen (secondary N) is 1. The van der Waals surface area contributed by atoms with Gasteiger partial charge in [-0.1, -0.05) is 25.4 Å². The summed E-state index contributed by atoms with van der Waals surface area (Å²) < 4.78 is 22.4. The highest BCUT2D eigenvalue weighted by Gasteiger charge is 2.17. The molecule has 0 fully saturated rings. The van der Waals surface area contributed by atoms with E-state index in [1.807, 2.05) is 13.8 Å². The molecule has 0 saturated heterocycles. The fourth-order valence-electron chi connectivity index (χ4n) is 1.21. The van der Waals surface area contributed by atoms with Crippen LogP contribution in [0.5, 0.6) is 0 Å². The second-order valence-corrected chi connectivity index (χ2v) is 6.83. The van der Waals surface area contributed by atoms with Gasteiger partial charge in [-0.15, -0.1) is 0 Å². The number of anilines is 1. The Hall–Kier alpha value is -0.820. The number of aliphatic hydroxyl groups excluding tert-OH is 1. The first-order valence-electron chi connectivity index (χ1n) is 5.33. The molecule has 18 heavy (non-hydrogen) atoms. The van der Waals surface area contributed by atoms with Crippen LogP contribution < -0.4 is 10.5 Å². The zero-order chi connectivity index (χ0) is 14.0. The molecule has 0 amide bonds. The van der Waals surface area contributed by atoms with Crippen molar-refractivity contribution in [2.75, 3.05) is 18.5 Å². The Balaban J connectivity index is 2.96. The van der Waals surface area contributed by atoms with Crippen LogP contribution in [0.4, 0.5) is 5.69 Å². The van der Waals surface area contributed by atoms with Crippen LogP contribution >= 0.6 is 11.6 Å². The standard InChI is InChI=1S/C11H17ClN2O3S/c1-11(2,7-15)6-14-10-5-8(18(13,16)17)3-4-9(10)12/h3-5,14-15H,6-7H2,1-2H3,(H2,13,16,17). The van der Waals surface area contributed by atoms with E-state index in [9.17, 15) is 8.42 Å². The van der Waals surface area contributed by atoms with Gasteiger partial charge >= 0.3 is 0 Å². The molecule has 0 saturated carbocycles. The third-order valence-corrected chi connectivity index (χ3v) is 3.69. The van der Waals surface area contributed by atoms with Crippen molar-refractivity contribution in [2.24, 2.45) is 10.6 Å². The third-order valence-electron chi connectivity index (χ3n) is 2.45. The summed E-state index contributed by atoms with van der Waals surface area (Å²) in [5.41, 5.74) is 0.144. The fourth-order valence-corrected chi connectivity index (χ4v) is 1.93. The van der Waals surface area contributed by atoms with Crippen molar-refractivity contribution >= 4 is 27.3 Å². The van der Waals surface area contributed by atoms with E-state index >= 15 is 0 Å². The topological polar surface area (TPSA) is 92.4 Å². The summed E-state index contributed by atoms with van der Waals surface area (Å²) in [6, 6.07) is 4.20. The second-order valence-electron chi connectivity index (χ2n) is 4.86. The molecular weight excluding hydrogens is 276 g/mol.